The van der Waals surface area contributed by atoms with Crippen LogP contribution in [0.15, 0.2) is 59.5 Å². The van der Waals surface area contributed by atoms with Gasteiger partial charge in [0.1, 0.15) is 5.75 Å². The minimum Gasteiger partial charge on any atom is -0.496 e. The summed E-state index contributed by atoms with van der Waals surface area (Å²) >= 11 is 1.56. The van der Waals surface area contributed by atoms with Gasteiger partial charge in [-0.2, -0.15) is 4.83 Å². The summed E-state index contributed by atoms with van der Waals surface area (Å²) in [7, 11) is 3.39. The van der Waals surface area contributed by atoms with Gasteiger partial charge >= 0.3 is 0 Å². The van der Waals surface area contributed by atoms with Crippen molar-refractivity contribution in [1.29, 1.82) is 0 Å². The van der Waals surface area contributed by atoms with Crippen molar-refractivity contribution in [3.05, 3.63) is 60.2 Å². The summed E-state index contributed by atoms with van der Waals surface area (Å²) in [6.45, 7) is 0. The number of hydrazine groups is 1. The van der Waals surface area contributed by atoms with Gasteiger partial charge < -0.3 is 4.74 Å². The summed E-state index contributed by atoms with van der Waals surface area (Å²) in [5.74, 6) is 0.623. The van der Waals surface area contributed by atoms with Crippen LogP contribution in [0.5, 0.6) is 5.75 Å². The second kappa shape index (κ2) is 10.0. The lowest BCUT2D eigenvalue weighted by Gasteiger charge is -1.99. The highest BCUT2D eigenvalue weighted by Crippen LogP contribution is 2.13. The van der Waals surface area contributed by atoms with Crippen LogP contribution >= 0.6 is 11.9 Å². The Morgan fingerprint density at radius 3 is 2.25 bits per heavy atom. The van der Waals surface area contributed by atoms with Gasteiger partial charge in [0.2, 0.25) is 0 Å². The van der Waals surface area contributed by atoms with E-state index in [-0.39, 0.29) is 0 Å². The number of methoxy groups -OCH3 is 1. The van der Waals surface area contributed by atoms with Gasteiger partial charge in [-0.3, -0.25) is 10.2 Å². The van der Waals surface area contributed by atoms with Crippen LogP contribution in [-0.2, 0) is 0 Å². The highest BCUT2D eigenvalue weighted by atomic mass is 32.2. The van der Waals surface area contributed by atoms with E-state index in [1.54, 1.807) is 37.3 Å². The van der Waals surface area contributed by atoms with E-state index < -0.39 is 0 Å². The molecule has 0 saturated heterocycles. The fraction of sp³-hybridized carbons (Fsp3) is 0.133. The number of para-hydroxylation sites is 1. The lowest BCUT2D eigenvalue weighted by atomic mass is 10.2. The Kier molecular flexibility index (Phi) is 8.14. The average molecular weight is 290 g/mol. The van der Waals surface area contributed by atoms with E-state index in [9.17, 15) is 4.79 Å². The van der Waals surface area contributed by atoms with Gasteiger partial charge in [-0.25, -0.2) is 0 Å². The maximum atomic E-state index is 10.3. The van der Waals surface area contributed by atoms with Crippen LogP contribution in [-0.4, -0.2) is 20.4 Å². The number of ether oxygens (including phenoxy) is 1. The van der Waals surface area contributed by atoms with E-state index in [4.69, 9.17) is 4.74 Å². The summed E-state index contributed by atoms with van der Waals surface area (Å²) in [5.41, 5.74) is 3.42. The van der Waals surface area contributed by atoms with Crippen molar-refractivity contribution in [2.45, 2.75) is 4.90 Å². The predicted molar refractivity (Wildman–Crippen MR) is 82.9 cm³/mol. The first-order valence-corrected chi connectivity index (χ1v) is 6.85. The molecular weight excluding hydrogens is 272 g/mol. The minimum absolute atomic E-state index is 0.588. The Labute approximate surface area is 123 Å². The summed E-state index contributed by atoms with van der Waals surface area (Å²) in [4.78, 5) is 14.4. The highest BCUT2D eigenvalue weighted by molar-refractivity contribution is 7.97. The third-order valence-corrected chi connectivity index (χ3v) is 3.09. The lowest BCUT2D eigenvalue weighted by molar-refractivity contribution is 0.112. The third-order valence-electron chi connectivity index (χ3n) is 2.28. The molecule has 0 aliphatic heterocycles. The first-order valence-electron chi connectivity index (χ1n) is 6.03. The number of rotatable bonds is 5. The molecule has 106 valence electrons. The van der Waals surface area contributed by atoms with Crippen LogP contribution < -0.4 is 15.0 Å². The van der Waals surface area contributed by atoms with Gasteiger partial charge in [-0.15, -0.1) is 0 Å². The van der Waals surface area contributed by atoms with Crippen molar-refractivity contribution in [2.24, 2.45) is 0 Å². The highest BCUT2D eigenvalue weighted by Gasteiger charge is 1.96. The summed E-state index contributed by atoms with van der Waals surface area (Å²) < 4.78 is 4.90. The van der Waals surface area contributed by atoms with Gasteiger partial charge in [0.05, 0.1) is 12.7 Å². The molecule has 0 spiro atoms. The molecule has 0 bridgehead atoms. The molecule has 0 amide bonds. The zero-order chi connectivity index (χ0) is 14.6. The second-order valence-electron chi connectivity index (χ2n) is 3.63. The Morgan fingerprint density at radius 2 is 1.70 bits per heavy atom. The Balaban J connectivity index is 0.000000200. The summed E-state index contributed by atoms with van der Waals surface area (Å²) in [5, 5.41) is 0. The summed E-state index contributed by atoms with van der Waals surface area (Å²) in [6, 6.07) is 17.2. The van der Waals surface area contributed by atoms with E-state index in [2.05, 4.69) is 22.4 Å². The molecule has 2 aromatic rings. The number of carbonyl (C=O) groups is 1. The fourth-order valence-corrected chi connectivity index (χ4v) is 1.88. The first kappa shape index (κ1) is 16.2. The van der Waals surface area contributed by atoms with Crippen LogP contribution in [0.2, 0.25) is 0 Å². The SMILES string of the molecule is CNNSc1ccccc1.COc1ccccc1C=O. The standard InChI is InChI=1S/C8H8O2.C7H10N2S/c1-10-8-5-3-2-4-7(8)6-9;1-8-9-10-7-5-3-2-4-6-7/h2-6H,1H3;2-6,8-9H,1H3. The monoisotopic (exact) mass is 290 g/mol. The molecule has 2 rings (SSSR count). The van der Waals surface area contributed by atoms with Crippen molar-refractivity contribution in [1.82, 2.24) is 10.3 Å². The number of benzene rings is 2. The number of nitrogens with one attached hydrogen (secondary N) is 2. The van der Waals surface area contributed by atoms with Crippen LogP contribution in [0.25, 0.3) is 0 Å². The van der Waals surface area contributed by atoms with Crippen molar-refractivity contribution in [3.8, 4) is 5.75 Å². The van der Waals surface area contributed by atoms with Crippen LogP contribution in [0, 0.1) is 0 Å². The van der Waals surface area contributed by atoms with Gasteiger partial charge in [-0.05, 0) is 43.3 Å². The number of aldehydes is 1. The Morgan fingerprint density at radius 1 is 1.05 bits per heavy atom. The van der Waals surface area contributed by atoms with Gasteiger partial charge in [0.25, 0.3) is 0 Å². The van der Waals surface area contributed by atoms with Crippen LogP contribution in [0.4, 0.5) is 0 Å². The van der Waals surface area contributed by atoms with Crippen molar-refractivity contribution >= 4 is 18.2 Å². The smallest absolute Gasteiger partial charge is 0.153 e. The molecule has 0 aliphatic rings. The first-order chi connectivity index (χ1) is 9.81. The number of carbonyl (C=O) groups excluding carboxylic acids is 1. The van der Waals surface area contributed by atoms with E-state index in [1.807, 2.05) is 31.3 Å². The molecular formula is C15H18N2O2S. The van der Waals surface area contributed by atoms with Gasteiger partial charge in [0.15, 0.2) is 6.29 Å². The minimum atomic E-state index is 0.588. The van der Waals surface area contributed by atoms with Crippen molar-refractivity contribution in [2.75, 3.05) is 14.2 Å². The number of hydrogen-bond donors (Lipinski definition) is 2. The predicted octanol–water partition coefficient (Wildman–Crippen LogP) is 2.93. The lowest BCUT2D eigenvalue weighted by Crippen LogP contribution is -2.18. The van der Waals surface area contributed by atoms with E-state index in [1.165, 1.54) is 4.90 Å². The Hall–Kier alpha value is -1.82. The van der Waals surface area contributed by atoms with E-state index >= 15 is 0 Å². The van der Waals surface area contributed by atoms with Gasteiger partial charge in [-0.1, -0.05) is 30.3 Å². The van der Waals surface area contributed by atoms with Crippen LogP contribution in [0.3, 0.4) is 0 Å². The van der Waals surface area contributed by atoms with Crippen LogP contribution in [0.1, 0.15) is 10.4 Å². The molecule has 2 N–H and O–H groups in total. The van der Waals surface area contributed by atoms with E-state index in [0.717, 1.165) is 6.29 Å². The summed E-state index contributed by atoms with van der Waals surface area (Å²) in [6.07, 6.45) is 0.777. The maximum absolute atomic E-state index is 10.3. The quantitative estimate of drug-likeness (QED) is 0.504. The topological polar surface area (TPSA) is 50.4 Å². The molecule has 2 aromatic carbocycles. The largest absolute Gasteiger partial charge is 0.496 e. The molecule has 0 saturated carbocycles. The molecule has 5 heteroatoms. The molecule has 0 fully saturated rings. The Bertz CT molecular complexity index is 506. The fourth-order valence-electron chi connectivity index (χ4n) is 1.36. The normalized spacial score (nSPS) is 9.30. The molecule has 0 heterocycles. The maximum Gasteiger partial charge on any atom is 0.153 e. The molecule has 0 atom stereocenters. The molecule has 0 aromatic heterocycles. The van der Waals surface area contributed by atoms with E-state index in [0.29, 0.717) is 11.3 Å². The molecule has 0 aliphatic carbocycles. The van der Waals surface area contributed by atoms with Crippen molar-refractivity contribution < 1.29 is 9.53 Å². The van der Waals surface area contributed by atoms with Gasteiger partial charge in [0, 0.05) is 4.90 Å². The zero-order valence-corrected chi connectivity index (χ0v) is 12.3. The third kappa shape index (κ3) is 5.88. The average Bonchev–Trinajstić information content (AvgIpc) is 2.54. The molecule has 4 nitrogen and oxygen atoms in total. The van der Waals surface area contributed by atoms with Crippen molar-refractivity contribution in [3.63, 3.8) is 0 Å². The zero-order valence-electron chi connectivity index (χ0n) is 11.5. The molecule has 20 heavy (non-hydrogen) atoms. The molecule has 0 unspecified atom stereocenters. The second-order valence-corrected chi connectivity index (χ2v) is 4.51. The number of hydrogen-bond acceptors (Lipinski definition) is 5. The molecule has 0 radical (unpaired) electrons.